The zero-order valence-electron chi connectivity index (χ0n) is 14.6. The number of aryl methyl sites for hydroxylation is 1. The molecule has 0 unspecified atom stereocenters. The number of rotatable bonds is 2. The summed E-state index contributed by atoms with van der Waals surface area (Å²) in [6, 6.07) is 17.5. The number of pyridine rings is 1. The summed E-state index contributed by atoms with van der Waals surface area (Å²) >= 11 is 0. The van der Waals surface area contributed by atoms with Crippen molar-refractivity contribution in [1.29, 1.82) is 0 Å². The second-order valence-corrected chi connectivity index (χ2v) is 7.11. The molecule has 0 radical (unpaired) electrons. The van der Waals surface area contributed by atoms with Gasteiger partial charge in [0.05, 0.1) is 11.2 Å². The predicted molar refractivity (Wildman–Crippen MR) is 99.6 cm³/mol. The van der Waals surface area contributed by atoms with Crippen LogP contribution in [0.5, 0.6) is 0 Å². The fraction of sp³-hybridized carbons (Fsp3) is 0.238. The van der Waals surface area contributed by atoms with E-state index in [1.165, 1.54) is 5.56 Å². The first-order valence-corrected chi connectivity index (χ1v) is 8.13. The summed E-state index contributed by atoms with van der Waals surface area (Å²) in [5.41, 5.74) is 4.57. The van der Waals surface area contributed by atoms with Gasteiger partial charge in [-0.15, -0.1) is 0 Å². The Morgan fingerprint density at radius 1 is 0.958 bits per heavy atom. The minimum atomic E-state index is -0.108. The lowest BCUT2D eigenvalue weighted by Gasteiger charge is -2.19. The maximum absolute atomic E-state index is 12.6. The Bertz CT molecular complexity index is 890. The molecule has 0 aliphatic rings. The van der Waals surface area contributed by atoms with E-state index in [0.29, 0.717) is 5.56 Å². The molecule has 0 saturated carbocycles. The number of hydrogen-bond acceptors (Lipinski definition) is 2. The molecule has 1 amide bonds. The van der Waals surface area contributed by atoms with Gasteiger partial charge in [-0.3, -0.25) is 9.78 Å². The summed E-state index contributed by atoms with van der Waals surface area (Å²) in [4.78, 5) is 17.1. The van der Waals surface area contributed by atoms with Gasteiger partial charge in [0.2, 0.25) is 0 Å². The number of carbonyl (C=O) groups excluding carboxylic acids is 1. The number of amides is 1. The zero-order chi connectivity index (χ0) is 17.3. The van der Waals surface area contributed by atoms with Crippen molar-refractivity contribution < 1.29 is 4.79 Å². The fourth-order valence-corrected chi connectivity index (χ4v) is 2.68. The lowest BCUT2D eigenvalue weighted by Crippen LogP contribution is -2.14. The molecule has 3 rings (SSSR count). The maximum atomic E-state index is 12.6. The molecule has 3 nitrogen and oxygen atoms in total. The van der Waals surface area contributed by atoms with Crippen LogP contribution in [0.2, 0.25) is 0 Å². The lowest BCUT2D eigenvalue weighted by atomic mass is 9.87. The molecule has 24 heavy (non-hydrogen) atoms. The van der Waals surface area contributed by atoms with Gasteiger partial charge in [-0.1, -0.05) is 39.0 Å². The van der Waals surface area contributed by atoms with E-state index in [9.17, 15) is 4.79 Å². The Hall–Kier alpha value is -2.68. The Balaban J connectivity index is 1.87. The van der Waals surface area contributed by atoms with Gasteiger partial charge in [0.25, 0.3) is 5.91 Å². The predicted octanol–water partition coefficient (Wildman–Crippen LogP) is 5.09. The van der Waals surface area contributed by atoms with E-state index in [0.717, 1.165) is 22.3 Å². The van der Waals surface area contributed by atoms with Crippen LogP contribution in [0.3, 0.4) is 0 Å². The smallest absolute Gasteiger partial charge is 0.255 e. The molecule has 0 atom stereocenters. The van der Waals surface area contributed by atoms with Gasteiger partial charge >= 0.3 is 0 Å². The minimum absolute atomic E-state index is 0.0775. The molecule has 0 aliphatic heterocycles. The lowest BCUT2D eigenvalue weighted by molar-refractivity contribution is 0.102. The maximum Gasteiger partial charge on any atom is 0.255 e. The summed E-state index contributed by atoms with van der Waals surface area (Å²) < 4.78 is 0. The Morgan fingerprint density at radius 3 is 2.33 bits per heavy atom. The van der Waals surface area contributed by atoms with Crippen LogP contribution < -0.4 is 5.32 Å². The van der Waals surface area contributed by atoms with Crippen molar-refractivity contribution in [2.75, 3.05) is 5.32 Å². The van der Waals surface area contributed by atoms with Crippen LogP contribution in [0.4, 0.5) is 5.69 Å². The minimum Gasteiger partial charge on any atom is -0.321 e. The molecule has 0 bridgehead atoms. The molecule has 122 valence electrons. The zero-order valence-corrected chi connectivity index (χ0v) is 14.6. The molecular formula is C21H22N2O. The van der Waals surface area contributed by atoms with Crippen LogP contribution in [-0.4, -0.2) is 10.9 Å². The Labute approximate surface area is 142 Å². The van der Waals surface area contributed by atoms with Crippen molar-refractivity contribution in [1.82, 2.24) is 4.98 Å². The summed E-state index contributed by atoms with van der Waals surface area (Å²) in [5.74, 6) is -0.108. The highest BCUT2D eigenvalue weighted by molar-refractivity contribution is 6.08. The molecule has 1 aromatic heterocycles. The van der Waals surface area contributed by atoms with E-state index >= 15 is 0 Å². The van der Waals surface area contributed by atoms with Gasteiger partial charge < -0.3 is 5.32 Å². The highest BCUT2D eigenvalue weighted by Gasteiger charge is 2.14. The standard InChI is InChI=1S/C21H22N2O/c1-14-8-13-17-18(22-14)6-5-7-19(17)23-20(24)15-9-11-16(12-10-15)21(2,3)4/h5-13H,1-4H3,(H,23,24). The van der Waals surface area contributed by atoms with Crippen molar-refractivity contribution >= 4 is 22.5 Å². The topological polar surface area (TPSA) is 42.0 Å². The van der Waals surface area contributed by atoms with Gasteiger partial charge in [-0.25, -0.2) is 0 Å². The van der Waals surface area contributed by atoms with Crippen LogP contribution in [0, 0.1) is 6.92 Å². The molecule has 0 aliphatic carbocycles. The number of fused-ring (bicyclic) bond motifs is 1. The average molecular weight is 318 g/mol. The van der Waals surface area contributed by atoms with E-state index in [1.54, 1.807) is 0 Å². The number of aromatic nitrogens is 1. The van der Waals surface area contributed by atoms with Gasteiger partial charge in [0, 0.05) is 16.6 Å². The molecule has 3 heteroatoms. The third-order valence-corrected chi connectivity index (χ3v) is 4.13. The number of hydrogen-bond donors (Lipinski definition) is 1. The monoisotopic (exact) mass is 318 g/mol. The highest BCUT2D eigenvalue weighted by Crippen LogP contribution is 2.24. The Kier molecular flexibility index (Phi) is 4.10. The van der Waals surface area contributed by atoms with Crippen LogP contribution >= 0.6 is 0 Å². The molecule has 1 N–H and O–H groups in total. The van der Waals surface area contributed by atoms with E-state index in [1.807, 2.05) is 61.5 Å². The molecule has 0 saturated heterocycles. The van der Waals surface area contributed by atoms with Crippen molar-refractivity contribution in [2.24, 2.45) is 0 Å². The Morgan fingerprint density at radius 2 is 1.67 bits per heavy atom. The highest BCUT2D eigenvalue weighted by atomic mass is 16.1. The summed E-state index contributed by atoms with van der Waals surface area (Å²) in [6.45, 7) is 8.44. The van der Waals surface area contributed by atoms with E-state index in [2.05, 4.69) is 31.1 Å². The fourth-order valence-electron chi connectivity index (χ4n) is 2.68. The van der Waals surface area contributed by atoms with E-state index in [-0.39, 0.29) is 11.3 Å². The number of benzene rings is 2. The third-order valence-electron chi connectivity index (χ3n) is 4.13. The number of anilines is 1. The summed E-state index contributed by atoms with van der Waals surface area (Å²) in [6.07, 6.45) is 0. The largest absolute Gasteiger partial charge is 0.321 e. The van der Waals surface area contributed by atoms with Crippen LogP contribution in [-0.2, 0) is 5.41 Å². The van der Waals surface area contributed by atoms with Crippen molar-refractivity contribution in [3.63, 3.8) is 0 Å². The quantitative estimate of drug-likeness (QED) is 0.715. The number of carbonyl (C=O) groups is 1. The van der Waals surface area contributed by atoms with Crippen LogP contribution in [0.25, 0.3) is 10.9 Å². The molecule has 3 aromatic rings. The van der Waals surface area contributed by atoms with Gasteiger partial charge in [-0.2, -0.15) is 0 Å². The van der Waals surface area contributed by atoms with Crippen molar-refractivity contribution in [3.8, 4) is 0 Å². The van der Waals surface area contributed by atoms with E-state index in [4.69, 9.17) is 0 Å². The molecule has 1 heterocycles. The van der Waals surface area contributed by atoms with E-state index < -0.39 is 0 Å². The first-order valence-electron chi connectivity index (χ1n) is 8.13. The summed E-state index contributed by atoms with van der Waals surface area (Å²) in [7, 11) is 0. The first kappa shape index (κ1) is 16.2. The van der Waals surface area contributed by atoms with Gasteiger partial charge in [0.1, 0.15) is 0 Å². The normalized spacial score (nSPS) is 11.5. The molecule has 2 aromatic carbocycles. The summed E-state index contributed by atoms with van der Waals surface area (Å²) in [5, 5.41) is 3.95. The van der Waals surface area contributed by atoms with Gasteiger partial charge in [0.15, 0.2) is 0 Å². The first-order chi connectivity index (χ1) is 11.3. The second kappa shape index (κ2) is 6.08. The van der Waals surface area contributed by atoms with Gasteiger partial charge in [-0.05, 0) is 54.3 Å². The second-order valence-electron chi connectivity index (χ2n) is 7.11. The molecular weight excluding hydrogens is 296 g/mol. The SMILES string of the molecule is Cc1ccc2c(NC(=O)c3ccc(C(C)(C)C)cc3)cccc2n1. The molecule has 0 spiro atoms. The number of nitrogens with zero attached hydrogens (tertiary/aromatic N) is 1. The number of nitrogens with one attached hydrogen (secondary N) is 1. The van der Waals surface area contributed by atoms with Crippen LogP contribution in [0.1, 0.15) is 42.4 Å². The van der Waals surface area contributed by atoms with Crippen molar-refractivity contribution in [2.45, 2.75) is 33.1 Å². The third kappa shape index (κ3) is 3.30. The average Bonchev–Trinajstić information content (AvgIpc) is 2.54. The molecule has 0 fully saturated rings. The van der Waals surface area contributed by atoms with Crippen LogP contribution in [0.15, 0.2) is 54.6 Å². The van der Waals surface area contributed by atoms with Crippen molar-refractivity contribution in [3.05, 3.63) is 71.4 Å².